The molecule has 3 aliphatic carbocycles. The number of benzene rings is 1. The van der Waals surface area contributed by atoms with Gasteiger partial charge in [0.1, 0.15) is 5.75 Å². The first-order chi connectivity index (χ1) is 11.3. The standard InChI is InChI=1S/C18H25O5P/c1-18-9-8-14-13-5-3-12(19)10-11(13)2-4-15(14)16(18)6-7-17(18)23-24(20,21)22/h3,5,10,14-17,19H,2,4,6-9H2,1H3,(H2,20,21,22)/p-2/t14-,15-,16+,17-,18+/m0/s1. The third-order valence-corrected chi connectivity index (χ3v) is 7.39. The van der Waals surface area contributed by atoms with E-state index < -0.39 is 13.9 Å². The van der Waals surface area contributed by atoms with E-state index in [1.807, 2.05) is 6.07 Å². The molecule has 0 unspecified atom stereocenters. The van der Waals surface area contributed by atoms with Crippen LogP contribution in [0.25, 0.3) is 0 Å². The fraction of sp³-hybridized carbons (Fsp3) is 0.667. The highest BCUT2D eigenvalue weighted by Crippen LogP contribution is 2.62. The Morgan fingerprint density at radius 3 is 2.79 bits per heavy atom. The van der Waals surface area contributed by atoms with Crippen molar-refractivity contribution in [2.45, 2.75) is 57.5 Å². The first kappa shape index (κ1) is 16.6. The van der Waals surface area contributed by atoms with Crippen LogP contribution >= 0.6 is 7.82 Å². The molecule has 0 saturated heterocycles. The number of phosphoric acid groups is 1. The van der Waals surface area contributed by atoms with Crippen LogP contribution in [0.5, 0.6) is 5.75 Å². The van der Waals surface area contributed by atoms with Gasteiger partial charge in [0.05, 0.1) is 13.9 Å². The van der Waals surface area contributed by atoms with E-state index in [9.17, 15) is 19.5 Å². The Hall–Kier alpha value is -0.870. The van der Waals surface area contributed by atoms with Crippen molar-refractivity contribution >= 4 is 7.82 Å². The van der Waals surface area contributed by atoms with E-state index in [-0.39, 0.29) is 5.41 Å². The highest BCUT2D eigenvalue weighted by Gasteiger charge is 2.55. The number of phenols is 1. The highest BCUT2D eigenvalue weighted by molar-refractivity contribution is 7.43. The second-order valence-electron chi connectivity index (χ2n) is 7.96. The van der Waals surface area contributed by atoms with Crippen molar-refractivity contribution in [1.29, 1.82) is 0 Å². The lowest BCUT2D eigenvalue weighted by molar-refractivity contribution is -0.347. The van der Waals surface area contributed by atoms with Gasteiger partial charge in [0.2, 0.25) is 0 Å². The maximum absolute atomic E-state index is 11.1. The molecule has 0 bridgehead atoms. The van der Waals surface area contributed by atoms with Gasteiger partial charge in [-0.25, -0.2) is 0 Å². The van der Waals surface area contributed by atoms with E-state index in [0.717, 1.165) is 32.1 Å². The normalized spacial score (nSPS) is 38.3. The molecular weight excluding hydrogens is 327 g/mol. The van der Waals surface area contributed by atoms with E-state index in [2.05, 4.69) is 13.0 Å². The van der Waals surface area contributed by atoms with Gasteiger partial charge >= 0.3 is 0 Å². The SMILES string of the molecule is C[C@@]12CC[C@H]3c4ccc(O)cc4CC[C@@H]3[C@H]1CC[C@@H]2OP(=O)([O-])[O-]. The molecular formula is C18H23O5P-2. The molecule has 5 atom stereocenters. The van der Waals surface area contributed by atoms with Crippen molar-refractivity contribution in [3.05, 3.63) is 29.3 Å². The molecule has 4 rings (SSSR count). The minimum Gasteiger partial charge on any atom is -0.790 e. The molecule has 1 N–H and O–H groups in total. The first-order valence-electron chi connectivity index (χ1n) is 8.80. The lowest BCUT2D eigenvalue weighted by Crippen LogP contribution is -2.45. The van der Waals surface area contributed by atoms with Crippen molar-refractivity contribution in [1.82, 2.24) is 0 Å². The fourth-order valence-electron chi connectivity index (χ4n) is 5.85. The molecule has 0 amide bonds. The average Bonchev–Trinajstić information content (AvgIpc) is 2.82. The van der Waals surface area contributed by atoms with Gasteiger partial charge in [-0.05, 0) is 85.0 Å². The Kier molecular flexibility index (Phi) is 3.85. The highest BCUT2D eigenvalue weighted by atomic mass is 31.2. The molecule has 0 aliphatic heterocycles. The predicted molar refractivity (Wildman–Crippen MR) is 85.2 cm³/mol. The molecule has 0 radical (unpaired) electrons. The number of hydrogen-bond donors (Lipinski definition) is 1. The summed E-state index contributed by atoms with van der Waals surface area (Å²) >= 11 is 0. The quantitative estimate of drug-likeness (QED) is 0.827. The van der Waals surface area contributed by atoms with Crippen LogP contribution in [0.3, 0.4) is 0 Å². The second-order valence-corrected chi connectivity index (χ2v) is 9.07. The van der Waals surface area contributed by atoms with E-state index in [0.29, 0.717) is 29.9 Å². The number of fused-ring (bicyclic) bond motifs is 5. The largest absolute Gasteiger partial charge is 0.790 e. The van der Waals surface area contributed by atoms with Crippen LogP contribution in [-0.2, 0) is 15.5 Å². The van der Waals surface area contributed by atoms with Crippen LogP contribution in [0, 0.1) is 17.3 Å². The summed E-state index contributed by atoms with van der Waals surface area (Å²) < 4.78 is 16.1. The Morgan fingerprint density at radius 2 is 2.04 bits per heavy atom. The van der Waals surface area contributed by atoms with Crippen molar-refractivity contribution in [3.8, 4) is 5.75 Å². The van der Waals surface area contributed by atoms with Crippen molar-refractivity contribution < 1.29 is 24.0 Å². The smallest absolute Gasteiger partial charge is 0.115 e. The van der Waals surface area contributed by atoms with Gasteiger partial charge in [0.25, 0.3) is 0 Å². The zero-order valence-corrected chi connectivity index (χ0v) is 14.7. The summed E-state index contributed by atoms with van der Waals surface area (Å²) in [5.41, 5.74) is 2.36. The van der Waals surface area contributed by atoms with Crippen LogP contribution < -0.4 is 9.79 Å². The Morgan fingerprint density at radius 1 is 1.25 bits per heavy atom. The molecule has 24 heavy (non-hydrogen) atoms. The van der Waals surface area contributed by atoms with Gasteiger partial charge in [0.15, 0.2) is 0 Å². The number of aromatic hydroxyl groups is 1. The summed E-state index contributed by atoms with van der Waals surface area (Å²) in [6.07, 6.45) is 4.98. The molecule has 0 heterocycles. The summed E-state index contributed by atoms with van der Waals surface area (Å²) in [5, 5.41) is 9.72. The molecule has 2 saturated carbocycles. The Bertz CT molecular complexity index is 699. The van der Waals surface area contributed by atoms with Crippen molar-refractivity contribution in [3.63, 3.8) is 0 Å². The zero-order chi connectivity index (χ0) is 17.1. The minimum absolute atomic E-state index is 0.222. The van der Waals surface area contributed by atoms with Gasteiger partial charge in [-0.3, -0.25) is 0 Å². The predicted octanol–water partition coefficient (Wildman–Crippen LogP) is 2.46. The molecule has 5 nitrogen and oxygen atoms in total. The Balaban J connectivity index is 1.62. The number of rotatable bonds is 2. The van der Waals surface area contributed by atoms with Gasteiger partial charge in [-0.2, -0.15) is 0 Å². The third-order valence-electron chi connectivity index (χ3n) is 6.88. The summed E-state index contributed by atoms with van der Waals surface area (Å²) in [6, 6.07) is 5.70. The minimum atomic E-state index is -4.94. The molecule has 1 aromatic carbocycles. The van der Waals surface area contributed by atoms with Gasteiger partial charge in [-0.15, -0.1) is 0 Å². The lowest BCUT2D eigenvalue weighted by Gasteiger charge is -2.51. The zero-order valence-electron chi connectivity index (χ0n) is 13.8. The average molecular weight is 350 g/mol. The van der Waals surface area contributed by atoms with E-state index in [4.69, 9.17) is 4.52 Å². The molecule has 6 heteroatoms. The van der Waals surface area contributed by atoms with Crippen molar-refractivity contribution in [2.75, 3.05) is 0 Å². The van der Waals surface area contributed by atoms with Crippen LogP contribution in [0.1, 0.15) is 56.1 Å². The number of aryl methyl sites for hydroxylation is 1. The molecule has 0 aromatic heterocycles. The van der Waals surface area contributed by atoms with Crippen LogP contribution in [-0.4, -0.2) is 11.2 Å². The van der Waals surface area contributed by atoms with Gasteiger partial charge in [-0.1, -0.05) is 13.0 Å². The molecule has 2 fully saturated rings. The number of hydrogen-bond acceptors (Lipinski definition) is 5. The van der Waals surface area contributed by atoms with E-state index in [1.54, 1.807) is 6.07 Å². The summed E-state index contributed by atoms with van der Waals surface area (Å²) in [7, 11) is -4.94. The number of phenolic OH excluding ortho intramolecular Hbond substituents is 1. The molecule has 1 aromatic rings. The lowest BCUT2D eigenvalue weighted by atomic mass is 9.55. The molecule has 3 aliphatic rings. The summed E-state index contributed by atoms with van der Waals surface area (Å²) in [5.74, 6) is 1.70. The Labute approximate surface area is 142 Å². The van der Waals surface area contributed by atoms with Crippen LogP contribution in [0.4, 0.5) is 0 Å². The van der Waals surface area contributed by atoms with E-state index >= 15 is 0 Å². The van der Waals surface area contributed by atoms with Crippen molar-refractivity contribution in [2.24, 2.45) is 17.3 Å². The maximum atomic E-state index is 11.1. The molecule has 0 spiro atoms. The van der Waals surface area contributed by atoms with E-state index in [1.165, 1.54) is 11.1 Å². The fourth-order valence-corrected chi connectivity index (χ4v) is 6.51. The van der Waals surface area contributed by atoms with Crippen LogP contribution in [0.15, 0.2) is 18.2 Å². The molecule has 132 valence electrons. The second kappa shape index (κ2) is 5.57. The van der Waals surface area contributed by atoms with Crippen LogP contribution in [0.2, 0.25) is 0 Å². The topological polar surface area (TPSA) is 92.7 Å². The summed E-state index contributed by atoms with van der Waals surface area (Å²) in [6.45, 7) is 2.10. The first-order valence-corrected chi connectivity index (χ1v) is 10.3. The van der Waals surface area contributed by atoms with Gasteiger partial charge < -0.3 is 24.0 Å². The monoisotopic (exact) mass is 350 g/mol. The number of phosphoric ester groups is 1. The van der Waals surface area contributed by atoms with Gasteiger partial charge in [0, 0.05) is 0 Å². The summed E-state index contributed by atoms with van der Waals surface area (Å²) in [4.78, 5) is 22.2. The maximum Gasteiger partial charge on any atom is 0.115 e. The third kappa shape index (κ3) is 2.62.